The van der Waals surface area contributed by atoms with Crippen LogP contribution in [0.3, 0.4) is 0 Å². The molecule has 0 aliphatic rings. The number of rotatable bonds is 7. The molecule has 6 heteroatoms. The number of carbonyl (C=O) groups excluding carboxylic acids is 2. The predicted octanol–water partition coefficient (Wildman–Crippen LogP) is 4.27. The fourth-order valence-electron chi connectivity index (χ4n) is 2.51. The number of esters is 1. The molecule has 0 radical (unpaired) electrons. The van der Waals surface area contributed by atoms with Crippen LogP contribution < -0.4 is 10.1 Å². The van der Waals surface area contributed by atoms with E-state index in [9.17, 15) is 9.59 Å². The molecular formula is C22H21NO5. The summed E-state index contributed by atoms with van der Waals surface area (Å²) in [5, 5.41) is 2.73. The minimum atomic E-state index is -0.706. The number of aryl methyl sites for hydroxylation is 1. The van der Waals surface area contributed by atoms with E-state index in [-0.39, 0.29) is 12.4 Å². The van der Waals surface area contributed by atoms with Crippen molar-refractivity contribution in [3.63, 3.8) is 0 Å². The summed E-state index contributed by atoms with van der Waals surface area (Å²) < 4.78 is 16.0. The lowest BCUT2D eigenvalue weighted by Gasteiger charge is -2.10. The Labute approximate surface area is 163 Å². The number of anilines is 1. The lowest BCUT2D eigenvalue weighted by molar-refractivity contribution is -0.119. The van der Waals surface area contributed by atoms with Crippen molar-refractivity contribution in [1.29, 1.82) is 0 Å². The second-order valence-electron chi connectivity index (χ2n) is 6.24. The molecule has 0 atom stereocenters. The van der Waals surface area contributed by atoms with Crippen LogP contribution in [0.5, 0.6) is 5.75 Å². The lowest BCUT2D eigenvalue weighted by Crippen LogP contribution is -2.21. The van der Waals surface area contributed by atoms with Gasteiger partial charge >= 0.3 is 5.97 Å². The summed E-state index contributed by atoms with van der Waals surface area (Å²) in [5.74, 6) is 0.0799. The minimum absolute atomic E-state index is 0.0196. The summed E-state index contributed by atoms with van der Waals surface area (Å²) in [5.41, 5.74) is 2.73. The minimum Gasteiger partial charge on any atom is -0.486 e. The van der Waals surface area contributed by atoms with Gasteiger partial charge in [0.15, 0.2) is 6.61 Å². The van der Waals surface area contributed by atoms with Gasteiger partial charge in [0, 0.05) is 5.69 Å². The summed E-state index contributed by atoms with van der Waals surface area (Å²) in [6, 6.07) is 18.0. The first-order valence-electron chi connectivity index (χ1n) is 8.82. The highest BCUT2D eigenvalue weighted by atomic mass is 16.6. The number of nitrogens with one attached hydrogen (secondary N) is 1. The van der Waals surface area contributed by atoms with Crippen LogP contribution in [0.25, 0.3) is 0 Å². The van der Waals surface area contributed by atoms with E-state index in [0.29, 0.717) is 17.2 Å². The molecule has 0 saturated carbocycles. The van der Waals surface area contributed by atoms with Gasteiger partial charge in [-0.2, -0.15) is 0 Å². The second-order valence-corrected chi connectivity index (χ2v) is 6.24. The predicted molar refractivity (Wildman–Crippen MR) is 104 cm³/mol. The average Bonchev–Trinajstić information content (AvgIpc) is 3.18. The lowest BCUT2D eigenvalue weighted by atomic mass is 10.1. The van der Waals surface area contributed by atoms with E-state index in [4.69, 9.17) is 13.9 Å². The molecule has 3 aromatic rings. The van der Waals surface area contributed by atoms with Crippen molar-refractivity contribution in [3.05, 3.63) is 83.3 Å². The van der Waals surface area contributed by atoms with E-state index < -0.39 is 18.5 Å². The average molecular weight is 379 g/mol. The van der Waals surface area contributed by atoms with Gasteiger partial charge in [-0.05, 0) is 55.3 Å². The smallest absolute Gasteiger partial charge is 0.374 e. The standard InChI is InChI=1S/C22H21NO5/c1-15-7-6-10-19(16(15)2)23-21(24)14-27-22(25)20-12-11-18(28-20)13-26-17-8-4-3-5-9-17/h3-12H,13-14H2,1-2H3,(H,23,24). The van der Waals surface area contributed by atoms with Gasteiger partial charge in [-0.25, -0.2) is 4.79 Å². The molecule has 144 valence electrons. The number of benzene rings is 2. The van der Waals surface area contributed by atoms with Gasteiger partial charge < -0.3 is 19.2 Å². The van der Waals surface area contributed by atoms with E-state index in [1.807, 2.05) is 56.3 Å². The van der Waals surface area contributed by atoms with Gasteiger partial charge in [-0.15, -0.1) is 0 Å². The summed E-state index contributed by atoms with van der Waals surface area (Å²) in [7, 11) is 0. The number of hydrogen-bond donors (Lipinski definition) is 1. The first kappa shape index (κ1) is 19.2. The summed E-state index contributed by atoms with van der Waals surface area (Å²) in [4.78, 5) is 24.1. The van der Waals surface area contributed by atoms with Crippen molar-refractivity contribution in [1.82, 2.24) is 0 Å². The van der Waals surface area contributed by atoms with E-state index in [1.54, 1.807) is 12.1 Å². The summed E-state index contributed by atoms with van der Waals surface area (Å²) in [6.07, 6.45) is 0. The van der Waals surface area contributed by atoms with Crippen LogP contribution in [-0.2, 0) is 16.1 Å². The van der Waals surface area contributed by atoms with Crippen molar-refractivity contribution in [2.45, 2.75) is 20.5 Å². The van der Waals surface area contributed by atoms with Crippen molar-refractivity contribution in [3.8, 4) is 5.75 Å². The molecule has 0 saturated heterocycles. The quantitative estimate of drug-likeness (QED) is 0.620. The first-order chi connectivity index (χ1) is 13.5. The third-order valence-electron chi connectivity index (χ3n) is 4.20. The molecule has 1 N–H and O–H groups in total. The zero-order chi connectivity index (χ0) is 19.9. The van der Waals surface area contributed by atoms with E-state index in [0.717, 1.165) is 11.1 Å². The third-order valence-corrected chi connectivity index (χ3v) is 4.20. The number of ether oxygens (including phenoxy) is 2. The molecule has 0 fully saturated rings. The Morgan fingerprint density at radius 2 is 1.75 bits per heavy atom. The summed E-state index contributed by atoms with van der Waals surface area (Å²) >= 11 is 0. The largest absolute Gasteiger partial charge is 0.486 e. The topological polar surface area (TPSA) is 77.8 Å². The Hall–Kier alpha value is -3.54. The molecule has 0 aliphatic heterocycles. The maximum atomic E-state index is 12.1. The zero-order valence-electron chi connectivity index (χ0n) is 15.7. The van der Waals surface area contributed by atoms with Crippen LogP contribution in [0.4, 0.5) is 5.69 Å². The van der Waals surface area contributed by atoms with E-state index >= 15 is 0 Å². The van der Waals surface area contributed by atoms with Crippen LogP contribution in [-0.4, -0.2) is 18.5 Å². The maximum Gasteiger partial charge on any atom is 0.374 e. The van der Waals surface area contributed by atoms with E-state index in [2.05, 4.69) is 5.32 Å². The Morgan fingerprint density at radius 3 is 2.54 bits per heavy atom. The molecular weight excluding hydrogens is 358 g/mol. The van der Waals surface area contributed by atoms with Crippen LogP contribution in [0.2, 0.25) is 0 Å². The molecule has 2 aromatic carbocycles. The molecule has 1 amide bonds. The highest BCUT2D eigenvalue weighted by molar-refractivity contribution is 5.95. The summed E-state index contributed by atoms with van der Waals surface area (Å²) in [6.45, 7) is 3.66. The van der Waals surface area contributed by atoms with Crippen molar-refractivity contribution < 1.29 is 23.5 Å². The number of hydrogen-bond acceptors (Lipinski definition) is 5. The zero-order valence-corrected chi connectivity index (χ0v) is 15.7. The highest BCUT2D eigenvalue weighted by Gasteiger charge is 2.15. The number of furan rings is 1. The number of amides is 1. The highest BCUT2D eigenvalue weighted by Crippen LogP contribution is 2.18. The van der Waals surface area contributed by atoms with Crippen molar-refractivity contribution in [2.75, 3.05) is 11.9 Å². The fourth-order valence-corrected chi connectivity index (χ4v) is 2.51. The number of carbonyl (C=O) groups is 2. The van der Waals surface area contributed by atoms with Crippen LogP contribution in [0, 0.1) is 13.8 Å². The van der Waals surface area contributed by atoms with Gasteiger partial charge in [0.1, 0.15) is 18.1 Å². The molecule has 0 bridgehead atoms. The third kappa shape index (κ3) is 5.01. The molecule has 0 aliphatic carbocycles. The number of para-hydroxylation sites is 1. The molecule has 6 nitrogen and oxygen atoms in total. The maximum absolute atomic E-state index is 12.1. The molecule has 28 heavy (non-hydrogen) atoms. The van der Waals surface area contributed by atoms with Gasteiger partial charge in [0.2, 0.25) is 5.76 Å². The van der Waals surface area contributed by atoms with Gasteiger partial charge in [0.05, 0.1) is 0 Å². The molecule has 1 aromatic heterocycles. The monoisotopic (exact) mass is 379 g/mol. The fraction of sp³-hybridized carbons (Fsp3) is 0.182. The van der Waals surface area contributed by atoms with Gasteiger partial charge in [0.25, 0.3) is 5.91 Å². The Bertz CT molecular complexity index is 962. The SMILES string of the molecule is Cc1cccc(NC(=O)COC(=O)c2ccc(COc3ccccc3)o2)c1C. The molecule has 0 spiro atoms. The van der Waals surface area contributed by atoms with Crippen LogP contribution in [0.15, 0.2) is 65.1 Å². The normalized spacial score (nSPS) is 10.4. The Morgan fingerprint density at radius 1 is 0.964 bits per heavy atom. The Balaban J connectivity index is 1.49. The van der Waals surface area contributed by atoms with E-state index in [1.165, 1.54) is 6.07 Å². The van der Waals surface area contributed by atoms with Gasteiger partial charge in [-0.3, -0.25) is 4.79 Å². The molecule has 0 unspecified atom stereocenters. The molecule has 1 heterocycles. The van der Waals surface area contributed by atoms with Gasteiger partial charge in [-0.1, -0.05) is 30.3 Å². The van der Waals surface area contributed by atoms with Crippen LogP contribution >= 0.6 is 0 Å². The first-order valence-corrected chi connectivity index (χ1v) is 8.82. The van der Waals surface area contributed by atoms with Crippen molar-refractivity contribution in [2.24, 2.45) is 0 Å². The Kier molecular flexibility index (Phi) is 6.11. The van der Waals surface area contributed by atoms with Crippen molar-refractivity contribution >= 4 is 17.6 Å². The second kappa shape index (κ2) is 8.90. The molecule has 3 rings (SSSR count). The van der Waals surface area contributed by atoms with Crippen LogP contribution in [0.1, 0.15) is 27.4 Å².